The van der Waals surface area contributed by atoms with Gasteiger partial charge in [0.25, 0.3) is 0 Å². The van der Waals surface area contributed by atoms with Gasteiger partial charge in [-0.05, 0) is 5.41 Å². The van der Waals surface area contributed by atoms with Crippen molar-refractivity contribution in [3.8, 4) is 0 Å². The van der Waals surface area contributed by atoms with Crippen molar-refractivity contribution < 1.29 is 19.4 Å². The predicted molar refractivity (Wildman–Crippen MR) is 70.1 cm³/mol. The lowest BCUT2D eigenvalue weighted by molar-refractivity contribution is -0.147. The minimum atomic E-state index is -0.417. The average Bonchev–Trinajstić information content (AvgIpc) is 2.26. The lowest BCUT2D eigenvalue weighted by Gasteiger charge is -2.29. The number of hydrogen-bond acceptors (Lipinski definition) is 5. The SMILES string of the molecule is COC(=O)[C@@H](NCOCC(C)(C)CO)C(C)(C)C. The number of aliphatic hydroxyl groups excluding tert-OH is 1. The molecule has 5 nitrogen and oxygen atoms in total. The summed E-state index contributed by atoms with van der Waals surface area (Å²) >= 11 is 0. The first kappa shape index (κ1) is 17.4. The van der Waals surface area contributed by atoms with E-state index in [9.17, 15) is 4.79 Å². The van der Waals surface area contributed by atoms with E-state index in [2.05, 4.69) is 5.32 Å². The third kappa shape index (κ3) is 6.33. The second-order valence-electron chi connectivity index (χ2n) is 6.34. The first-order valence-corrected chi connectivity index (χ1v) is 6.14. The van der Waals surface area contributed by atoms with Gasteiger partial charge < -0.3 is 14.6 Å². The number of esters is 1. The van der Waals surface area contributed by atoms with Gasteiger partial charge in [-0.15, -0.1) is 0 Å². The molecule has 0 radical (unpaired) electrons. The molecule has 2 N–H and O–H groups in total. The zero-order valence-corrected chi connectivity index (χ0v) is 12.4. The molecule has 0 saturated heterocycles. The zero-order valence-electron chi connectivity index (χ0n) is 12.4. The first-order valence-electron chi connectivity index (χ1n) is 6.14. The van der Waals surface area contributed by atoms with Crippen LogP contribution in [-0.4, -0.2) is 44.2 Å². The molecule has 5 heteroatoms. The highest BCUT2D eigenvalue weighted by molar-refractivity contribution is 5.76. The molecule has 0 spiro atoms. The van der Waals surface area contributed by atoms with Gasteiger partial charge in [-0.2, -0.15) is 0 Å². The number of methoxy groups -OCH3 is 1. The monoisotopic (exact) mass is 261 g/mol. The fraction of sp³-hybridized carbons (Fsp3) is 0.923. The molecule has 0 aromatic heterocycles. The van der Waals surface area contributed by atoms with Crippen LogP contribution in [0, 0.1) is 10.8 Å². The molecule has 0 heterocycles. The molecule has 0 aliphatic heterocycles. The van der Waals surface area contributed by atoms with E-state index in [0.717, 1.165) is 0 Å². The summed E-state index contributed by atoms with van der Waals surface area (Å²) in [5, 5.41) is 12.1. The third-order valence-electron chi connectivity index (χ3n) is 2.61. The van der Waals surface area contributed by atoms with Gasteiger partial charge >= 0.3 is 5.97 Å². The molecule has 0 bridgehead atoms. The molecule has 0 aliphatic rings. The summed E-state index contributed by atoms with van der Waals surface area (Å²) in [5.41, 5.74) is -0.521. The molecule has 0 aromatic carbocycles. The van der Waals surface area contributed by atoms with Crippen molar-refractivity contribution in [3.05, 3.63) is 0 Å². The fourth-order valence-corrected chi connectivity index (χ4v) is 1.38. The normalized spacial score (nSPS) is 14.4. The van der Waals surface area contributed by atoms with Gasteiger partial charge in [-0.3, -0.25) is 10.1 Å². The topological polar surface area (TPSA) is 67.8 Å². The van der Waals surface area contributed by atoms with E-state index in [1.165, 1.54) is 7.11 Å². The first-order chi connectivity index (χ1) is 8.14. The maximum atomic E-state index is 11.6. The predicted octanol–water partition coefficient (Wildman–Crippen LogP) is 1.16. The average molecular weight is 261 g/mol. The van der Waals surface area contributed by atoms with Crippen LogP contribution < -0.4 is 5.32 Å². The van der Waals surface area contributed by atoms with Crippen LogP contribution in [0.15, 0.2) is 0 Å². The second-order valence-corrected chi connectivity index (χ2v) is 6.34. The highest BCUT2D eigenvalue weighted by Crippen LogP contribution is 2.20. The zero-order chi connectivity index (χ0) is 14.4. The van der Waals surface area contributed by atoms with Gasteiger partial charge in [0.2, 0.25) is 0 Å². The van der Waals surface area contributed by atoms with E-state index in [1.807, 2.05) is 34.6 Å². The largest absolute Gasteiger partial charge is 0.468 e. The van der Waals surface area contributed by atoms with Crippen molar-refractivity contribution in [2.45, 2.75) is 40.7 Å². The van der Waals surface area contributed by atoms with Crippen LogP contribution in [0.1, 0.15) is 34.6 Å². The van der Waals surface area contributed by atoms with Crippen molar-refractivity contribution >= 4 is 5.97 Å². The van der Waals surface area contributed by atoms with Crippen molar-refractivity contribution in [2.75, 3.05) is 27.1 Å². The van der Waals surface area contributed by atoms with Gasteiger partial charge in [0.15, 0.2) is 0 Å². The van der Waals surface area contributed by atoms with Crippen LogP contribution in [0.4, 0.5) is 0 Å². The maximum Gasteiger partial charge on any atom is 0.323 e. The summed E-state index contributed by atoms with van der Waals surface area (Å²) in [6.07, 6.45) is 0. The summed E-state index contributed by atoms with van der Waals surface area (Å²) in [7, 11) is 1.37. The Morgan fingerprint density at radius 1 is 1.28 bits per heavy atom. The van der Waals surface area contributed by atoms with Gasteiger partial charge in [0.1, 0.15) is 6.04 Å². The Balaban J connectivity index is 4.18. The summed E-state index contributed by atoms with van der Waals surface area (Å²) in [6, 6.07) is -0.417. The molecular weight excluding hydrogens is 234 g/mol. The standard InChI is InChI=1S/C13H27NO4/c1-12(2,3)10(11(16)17-6)14-9-18-8-13(4,5)7-15/h10,14-15H,7-9H2,1-6H3/t10-/m1/s1. The van der Waals surface area contributed by atoms with Crippen molar-refractivity contribution in [1.29, 1.82) is 0 Å². The molecule has 0 rings (SSSR count). The summed E-state index contributed by atoms with van der Waals surface area (Å²) in [5.74, 6) is -0.299. The Hall–Kier alpha value is -0.650. The smallest absolute Gasteiger partial charge is 0.323 e. The Bertz CT molecular complexity index is 258. The van der Waals surface area contributed by atoms with Gasteiger partial charge in [0, 0.05) is 5.41 Å². The Morgan fingerprint density at radius 3 is 2.22 bits per heavy atom. The highest BCUT2D eigenvalue weighted by Gasteiger charge is 2.31. The van der Waals surface area contributed by atoms with E-state index in [-0.39, 0.29) is 30.1 Å². The van der Waals surface area contributed by atoms with Gasteiger partial charge in [0.05, 0.1) is 27.1 Å². The number of carbonyl (C=O) groups is 1. The number of rotatable bonds is 7. The van der Waals surface area contributed by atoms with Crippen LogP contribution in [-0.2, 0) is 14.3 Å². The minimum absolute atomic E-state index is 0.0622. The Morgan fingerprint density at radius 2 is 1.83 bits per heavy atom. The number of ether oxygens (including phenoxy) is 2. The van der Waals surface area contributed by atoms with Crippen molar-refractivity contribution in [3.63, 3.8) is 0 Å². The minimum Gasteiger partial charge on any atom is -0.468 e. The summed E-state index contributed by atoms with van der Waals surface area (Å²) in [6.45, 7) is 10.4. The lowest BCUT2D eigenvalue weighted by atomic mass is 9.87. The summed E-state index contributed by atoms with van der Waals surface area (Å²) < 4.78 is 10.2. The van der Waals surface area contributed by atoms with E-state index in [1.54, 1.807) is 0 Å². The van der Waals surface area contributed by atoms with Gasteiger partial charge in [-0.1, -0.05) is 34.6 Å². The quantitative estimate of drug-likeness (QED) is 0.409. The van der Waals surface area contributed by atoms with Gasteiger partial charge in [-0.25, -0.2) is 0 Å². The molecule has 0 aromatic rings. The molecule has 1 atom stereocenters. The van der Waals surface area contributed by atoms with Crippen molar-refractivity contribution in [1.82, 2.24) is 5.32 Å². The molecular formula is C13H27NO4. The number of nitrogens with one attached hydrogen (secondary N) is 1. The maximum absolute atomic E-state index is 11.6. The van der Waals surface area contributed by atoms with E-state index in [4.69, 9.17) is 14.6 Å². The third-order valence-corrected chi connectivity index (χ3v) is 2.61. The lowest BCUT2D eigenvalue weighted by Crippen LogP contribution is -2.48. The van der Waals surface area contributed by atoms with E-state index in [0.29, 0.717) is 6.61 Å². The molecule has 0 saturated carbocycles. The number of carbonyl (C=O) groups excluding carboxylic acids is 1. The molecule has 0 fully saturated rings. The van der Waals surface area contributed by atoms with Crippen LogP contribution in [0.25, 0.3) is 0 Å². The molecule has 0 unspecified atom stereocenters. The molecule has 0 aliphatic carbocycles. The van der Waals surface area contributed by atoms with Crippen LogP contribution in [0.2, 0.25) is 0 Å². The molecule has 108 valence electrons. The van der Waals surface area contributed by atoms with Crippen LogP contribution >= 0.6 is 0 Å². The Labute approximate surface area is 110 Å². The van der Waals surface area contributed by atoms with E-state index < -0.39 is 6.04 Å². The summed E-state index contributed by atoms with van der Waals surface area (Å²) in [4.78, 5) is 11.6. The Kier molecular flexibility index (Phi) is 6.81. The van der Waals surface area contributed by atoms with Crippen LogP contribution in [0.3, 0.4) is 0 Å². The molecule has 18 heavy (non-hydrogen) atoms. The highest BCUT2D eigenvalue weighted by atomic mass is 16.5. The fourth-order valence-electron chi connectivity index (χ4n) is 1.38. The number of hydrogen-bond donors (Lipinski definition) is 2. The van der Waals surface area contributed by atoms with Crippen molar-refractivity contribution in [2.24, 2.45) is 10.8 Å². The van der Waals surface area contributed by atoms with E-state index >= 15 is 0 Å². The molecule has 0 amide bonds. The number of aliphatic hydroxyl groups is 1. The second kappa shape index (κ2) is 7.07. The van der Waals surface area contributed by atoms with Crippen LogP contribution in [0.5, 0.6) is 0 Å².